The molecule has 8 aliphatic rings. The monoisotopic (exact) mass is 1210 g/mol. The van der Waals surface area contributed by atoms with E-state index < -0.39 is 0 Å². The number of nitrogens with one attached hydrogen (secondary N) is 4. The number of urea groups is 1. The molecule has 22 heteroatoms. The molecule has 2 saturated carbocycles. The number of benzene rings is 2. The second-order valence-corrected chi connectivity index (χ2v) is 26.6. The van der Waals surface area contributed by atoms with Gasteiger partial charge in [0.05, 0.1) is 62.4 Å². The number of carbonyl (C=O) groups excluding carboxylic acids is 1. The lowest BCUT2D eigenvalue weighted by Crippen LogP contribution is -2.51. The molecule has 2 aromatic carbocycles. The fraction of sp³-hybridized carbons (Fsp3) is 0.349. The lowest BCUT2D eigenvalue weighted by atomic mass is 9.86. The Balaban J connectivity index is 0.000000114. The molecule has 85 heavy (non-hydrogen) atoms. The average Bonchev–Trinajstić information content (AvgIpc) is 1.80. The van der Waals surface area contributed by atoms with Crippen LogP contribution in [0.15, 0.2) is 162 Å². The second kappa shape index (κ2) is 23.8. The largest absolute Gasteiger partial charge is 0.424 e. The maximum atomic E-state index is 13.2. The molecule has 2 amide bonds. The zero-order chi connectivity index (χ0) is 59.0. The number of aromatic nitrogens is 6. The van der Waals surface area contributed by atoms with Crippen molar-refractivity contribution in [3.8, 4) is 6.26 Å². The topological polar surface area (TPSA) is 242 Å². The summed E-state index contributed by atoms with van der Waals surface area (Å²) in [6, 6.07) is 26.7. The van der Waals surface area contributed by atoms with Crippen LogP contribution in [0, 0.1) is 16.9 Å². The lowest BCUT2D eigenvalue weighted by molar-refractivity contribution is 0.170. The van der Waals surface area contributed by atoms with Gasteiger partial charge in [-0.2, -0.15) is 5.26 Å². The summed E-state index contributed by atoms with van der Waals surface area (Å²) in [6.45, 7) is 16.8. The molecular formula is C63H65ClN16O2S3. The quantitative estimate of drug-likeness (QED) is 0.0769. The molecule has 18 nitrogen and oxygen atoms in total. The first-order chi connectivity index (χ1) is 41.1. The molecule has 6 N–H and O–H groups in total. The third-order valence-corrected chi connectivity index (χ3v) is 20.2. The van der Waals surface area contributed by atoms with Crippen molar-refractivity contribution in [2.75, 3.05) is 43.4 Å². The normalized spacial score (nSPS) is 22.0. The number of anilines is 2. The first-order valence-corrected chi connectivity index (χ1v) is 31.4. The number of aliphatic imine (C=N–C) groups is 3. The van der Waals surface area contributed by atoms with Crippen molar-refractivity contribution in [2.24, 2.45) is 26.1 Å². The molecular weight excluding hydrogens is 1140 g/mol. The molecule has 0 bridgehead atoms. The number of hydrogen-bond acceptors (Lipinski definition) is 19. The van der Waals surface area contributed by atoms with Crippen LogP contribution in [-0.2, 0) is 4.74 Å². The molecule has 4 atom stereocenters. The van der Waals surface area contributed by atoms with E-state index in [4.69, 9.17) is 32.3 Å². The SMILES string of the molecule is CC1(C)C2=C(CN1C(=O)N[C@H]1CC1c1ccccc1)C(Nc1ncnc3ccsc13)=NC2.CC1(C)CCC2=C1CN=C2N.CC1(C)NCC2=C1CN=C2Nc1ncnc2ccsc12.Clc1ncnc2ccsc12.N#CO[C@H]1CC1c1ccccc1. The number of nitrogens with two attached hydrogens (primary N) is 1. The number of nitriles is 1. The van der Waals surface area contributed by atoms with Crippen molar-refractivity contribution < 1.29 is 9.53 Å². The molecule has 2 fully saturated rings. The van der Waals surface area contributed by atoms with Gasteiger partial charge in [-0.25, -0.2) is 34.7 Å². The Hall–Kier alpha value is -8.00. The number of carbonyl (C=O) groups is 1. The molecule has 0 saturated heterocycles. The number of thiophene rings is 3. The fourth-order valence-electron chi connectivity index (χ4n) is 11.8. The summed E-state index contributed by atoms with van der Waals surface area (Å²) in [5.41, 5.74) is 18.9. The third-order valence-electron chi connectivity index (χ3n) is 17.1. The highest BCUT2D eigenvalue weighted by Crippen LogP contribution is 2.46. The Labute approximate surface area is 510 Å². The zero-order valence-corrected chi connectivity index (χ0v) is 51.3. The minimum absolute atomic E-state index is 0.00476. The Morgan fingerprint density at radius 2 is 1.24 bits per heavy atom. The summed E-state index contributed by atoms with van der Waals surface area (Å²) in [7, 11) is 0. The Kier molecular flexibility index (Phi) is 16.1. The molecule has 0 spiro atoms. The van der Waals surface area contributed by atoms with Gasteiger partial charge >= 0.3 is 6.03 Å². The minimum Gasteiger partial charge on any atom is -0.424 e. The highest BCUT2D eigenvalue weighted by Gasteiger charge is 2.48. The van der Waals surface area contributed by atoms with E-state index >= 15 is 0 Å². The van der Waals surface area contributed by atoms with E-state index in [9.17, 15) is 4.79 Å². The van der Waals surface area contributed by atoms with Gasteiger partial charge in [0.1, 0.15) is 47.7 Å². The smallest absolute Gasteiger partial charge is 0.318 e. The maximum Gasteiger partial charge on any atom is 0.318 e. The molecule has 16 rings (SSSR count). The molecule has 0 radical (unpaired) electrons. The highest BCUT2D eigenvalue weighted by molar-refractivity contribution is 7.18. The fourth-order valence-corrected chi connectivity index (χ4v) is 14.4. The molecule has 434 valence electrons. The predicted molar refractivity (Wildman–Crippen MR) is 343 cm³/mol. The van der Waals surface area contributed by atoms with Crippen LogP contribution in [0.25, 0.3) is 30.6 Å². The van der Waals surface area contributed by atoms with Crippen LogP contribution in [0.2, 0.25) is 5.15 Å². The van der Waals surface area contributed by atoms with E-state index in [-0.39, 0.29) is 29.3 Å². The van der Waals surface area contributed by atoms with Crippen LogP contribution in [0.4, 0.5) is 16.4 Å². The van der Waals surface area contributed by atoms with Crippen molar-refractivity contribution in [3.05, 3.63) is 164 Å². The van der Waals surface area contributed by atoms with Crippen LogP contribution in [0.5, 0.6) is 0 Å². The number of amidine groups is 3. The van der Waals surface area contributed by atoms with Gasteiger partial charge in [-0.1, -0.05) is 86.1 Å². The van der Waals surface area contributed by atoms with Gasteiger partial charge in [-0.3, -0.25) is 15.0 Å². The zero-order valence-electron chi connectivity index (χ0n) is 48.1. The van der Waals surface area contributed by atoms with Crippen LogP contribution < -0.4 is 27.0 Å². The van der Waals surface area contributed by atoms with E-state index in [1.54, 1.807) is 52.9 Å². The van der Waals surface area contributed by atoms with Gasteiger partial charge in [-0.15, -0.1) is 34.0 Å². The van der Waals surface area contributed by atoms with Crippen LogP contribution in [0.3, 0.4) is 0 Å². The van der Waals surface area contributed by atoms with E-state index in [0.717, 1.165) is 104 Å². The Morgan fingerprint density at radius 1 is 0.682 bits per heavy atom. The van der Waals surface area contributed by atoms with E-state index in [1.807, 2.05) is 63.5 Å². The lowest BCUT2D eigenvalue weighted by Gasteiger charge is -2.34. The number of nitrogens with zero attached hydrogens (tertiary/aromatic N) is 11. The first-order valence-electron chi connectivity index (χ1n) is 28.4. The predicted octanol–water partition coefficient (Wildman–Crippen LogP) is 12.2. The van der Waals surface area contributed by atoms with Crippen molar-refractivity contribution in [3.63, 3.8) is 0 Å². The summed E-state index contributed by atoms with van der Waals surface area (Å²) in [4.78, 5) is 54.0. The van der Waals surface area contributed by atoms with E-state index in [1.165, 1.54) is 51.7 Å². The van der Waals surface area contributed by atoms with Gasteiger partial charge < -0.3 is 36.6 Å². The van der Waals surface area contributed by atoms with Crippen molar-refractivity contribution in [1.82, 2.24) is 45.4 Å². The number of amides is 2. The standard InChI is InChI=1S/C24H24N6OS.C14H15N5S.C10H9NO.C9H14N2.C6H3ClN2S/c1-24(2)17-11-25-21(29-22-20-18(8-9-32-20)26-13-27-22)16(17)12-30(24)23(31)28-19-10-15(19)14-6-4-3-5-7-14;1-14(2)9-6-15-12(8(9)5-18-14)19-13-11-10(3-4-20-11)16-7-17-13;11-7-12-10-6-9(10)8-4-2-1-3-5-8;1-9(2)4-3-6-7(9)5-11-8(6)10;7-6-5-4(1-2-10-5)8-3-9-6/h3-9,13,15,19H,10-12H2,1-2H3,(H,28,31)(H,25,26,27,29);3-4,7,18H,5-6H2,1-2H3,(H,15,16,17,19);1-5,9-10H,6H2;3-5H2,1-2H3,(H2,10,11);1-3H/t15?,19-;;9?,10-;;/m0.0../s1. The summed E-state index contributed by atoms with van der Waals surface area (Å²) in [5, 5.41) is 28.4. The maximum absolute atomic E-state index is 13.2. The number of ether oxygens (including phenoxy) is 1. The Morgan fingerprint density at radius 3 is 1.84 bits per heavy atom. The molecule has 3 aliphatic carbocycles. The van der Waals surface area contributed by atoms with Gasteiger partial charge in [0.15, 0.2) is 11.6 Å². The molecule has 5 aliphatic heterocycles. The Bertz CT molecular complexity index is 4080. The van der Waals surface area contributed by atoms with Crippen LogP contribution in [0.1, 0.15) is 90.2 Å². The van der Waals surface area contributed by atoms with Gasteiger partial charge in [0.25, 0.3) is 6.26 Å². The number of fused-ring (bicyclic) bond motifs is 3. The van der Waals surface area contributed by atoms with E-state index in [2.05, 4.69) is 139 Å². The number of halogens is 1. The first kappa shape index (κ1) is 57.4. The third kappa shape index (κ3) is 12.0. The summed E-state index contributed by atoms with van der Waals surface area (Å²) in [6.07, 6.45) is 10.9. The van der Waals surface area contributed by atoms with E-state index in [0.29, 0.717) is 35.5 Å². The number of rotatable bonds is 6. The summed E-state index contributed by atoms with van der Waals surface area (Å²) < 4.78 is 7.88. The highest BCUT2D eigenvalue weighted by atomic mass is 35.5. The van der Waals surface area contributed by atoms with Gasteiger partial charge in [-0.05, 0) is 127 Å². The summed E-state index contributed by atoms with van der Waals surface area (Å²) >= 11 is 10.6. The van der Waals surface area contributed by atoms with Crippen LogP contribution >= 0.6 is 45.6 Å². The molecule has 8 aromatic rings. The van der Waals surface area contributed by atoms with Gasteiger partial charge in [0.2, 0.25) is 0 Å². The van der Waals surface area contributed by atoms with Crippen LogP contribution in [-0.4, -0.2) is 114 Å². The average molecular weight is 1210 g/mol. The van der Waals surface area contributed by atoms with Crippen molar-refractivity contribution >= 4 is 111 Å². The van der Waals surface area contributed by atoms with Crippen molar-refractivity contribution in [1.29, 1.82) is 5.26 Å². The van der Waals surface area contributed by atoms with Gasteiger partial charge in [0, 0.05) is 41.1 Å². The number of hydrogen-bond donors (Lipinski definition) is 5. The molecule has 2 unspecified atom stereocenters. The second-order valence-electron chi connectivity index (χ2n) is 23.5. The van der Waals surface area contributed by atoms with Crippen molar-refractivity contribution in [2.45, 2.75) is 102 Å². The minimum atomic E-state index is -0.382. The summed E-state index contributed by atoms with van der Waals surface area (Å²) in [5.74, 6) is 5.03. The molecule has 6 aromatic heterocycles. The molecule has 11 heterocycles.